The molecule has 0 heterocycles. The third kappa shape index (κ3) is 1.97. The molecule has 80 valence electrons. The van der Waals surface area contributed by atoms with Crippen LogP contribution in [0, 0.1) is 9.49 Å². The molecule has 1 aliphatic carbocycles. The van der Waals surface area contributed by atoms with Gasteiger partial charge in [-0.3, -0.25) is 4.79 Å². The fraction of sp³-hybridized carbons (Fsp3) is 0.300. The van der Waals surface area contributed by atoms with Crippen molar-refractivity contribution < 1.29 is 4.79 Å². The Balaban J connectivity index is 2.27. The molecule has 1 saturated carbocycles. The number of primary amides is 1. The largest absolute Gasteiger partial charge is 0.369 e. The first-order chi connectivity index (χ1) is 6.94. The highest BCUT2D eigenvalue weighted by Gasteiger charge is 2.66. The number of rotatable bonds is 2. The van der Waals surface area contributed by atoms with Crippen LogP contribution >= 0.6 is 45.8 Å². The zero-order valence-corrected chi connectivity index (χ0v) is 11.3. The van der Waals surface area contributed by atoms with Crippen LogP contribution in [0.2, 0.25) is 0 Å². The molecule has 0 spiro atoms. The fourth-order valence-corrected chi connectivity index (χ4v) is 2.97. The molecule has 15 heavy (non-hydrogen) atoms. The Morgan fingerprint density at radius 1 is 1.33 bits per heavy atom. The lowest BCUT2D eigenvalue weighted by Crippen LogP contribution is -2.16. The van der Waals surface area contributed by atoms with Gasteiger partial charge in [0.05, 0.1) is 5.92 Å². The minimum absolute atomic E-state index is 0.171. The van der Waals surface area contributed by atoms with Crippen molar-refractivity contribution in [3.63, 3.8) is 0 Å². The molecule has 2 atom stereocenters. The summed E-state index contributed by atoms with van der Waals surface area (Å²) in [6.45, 7) is 0. The van der Waals surface area contributed by atoms with Gasteiger partial charge in [-0.25, -0.2) is 0 Å². The smallest absolute Gasteiger partial charge is 0.224 e. The van der Waals surface area contributed by atoms with Crippen molar-refractivity contribution in [2.75, 3.05) is 0 Å². The number of hydrogen-bond donors (Lipinski definition) is 1. The molecule has 2 unspecified atom stereocenters. The standard InChI is InChI=1S/C10H8Cl2INO/c11-10(12)7(8(10)9(14)15)5-1-3-6(13)4-2-5/h1-4,7-8H,(H2,14,15). The van der Waals surface area contributed by atoms with Gasteiger partial charge in [-0.05, 0) is 40.3 Å². The third-order valence-corrected chi connectivity index (χ3v) is 4.25. The number of carbonyl (C=O) groups excluding carboxylic acids is 1. The number of alkyl halides is 2. The Morgan fingerprint density at radius 3 is 2.27 bits per heavy atom. The van der Waals surface area contributed by atoms with E-state index in [2.05, 4.69) is 22.6 Å². The predicted octanol–water partition coefficient (Wildman–Crippen LogP) is 2.66. The maximum atomic E-state index is 11.1. The van der Waals surface area contributed by atoms with Crippen molar-refractivity contribution >= 4 is 51.7 Å². The Labute approximate surface area is 111 Å². The number of nitrogens with two attached hydrogens (primary N) is 1. The minimum atomic E-state index is -1.03. The first-order valence-electron chi connectivity index (χ1n) is 4.37. The van der Waals surface area contributed by atoms with Gasteiger partial charge in [0.15, 0.2) is 0 Å². The Kier molecular flexibility index (Phi) is 2.90. The second kappa shape index (κ2) is 3.79. The monoisotopic (exact) mass is 355 g/mol. The molecule has 2 N–H and O–H groups in total. The Morgan fingerprint density at radius 2 is 1.87 bits per heavy atom. The van der Waals surface area contributed by atoms with E-state index >= 15 is 0 Å². The lowest BCUT2D eigenvalue weighted by atomic mass is 10.1. The highest BCUT2D eigenvalue weighted by molar-refractivity contribution is 14.1. The normalized spacial score (nSPS) is 27.4. The average Bonchev–Trinajstić information content (AvgIpc) is 2.70. The lowest BCUT2D eigenvalue weighted by molar-refractivity contribution is -0.119. The summed E-state index contributed by atoms with van der Waals surface area (Å²) in [7, 11) is 0. The third-order valence-electron chi connectivity index (χ3n) is 2.59. The van der Waals surface area contributed by atoms with Gasteiger partial charge in [0.25, 0.3) is 0 Å². The average molecular weight is 356 g/mol. The summed E-state index contributed by atoms with van der Waals surface area (Å²) in [6.07, 6.45) is 0. The van der Waals surface area contributed by atoms with Crippen molar-refractivity contribution in [2.45, 2.75) is 10.3 Å². The van der Waals surface area contributed by atoms with E-state index in [1.807, 2.05) is 24.3 Å². The summed E-state index contributed by atoms with van der Waals surface area (Å²) in [4.78, 5) is 11.1. The van der Waals surface area contributed by atoms with Crippen LogP contribution in [0.1, 0.15) is 11.5 Å². The van der Waals surface area contributed by atoms with Crippen LogP contribution in [-0.4, -0.2) is 10.2 Å². The van der Waals surface area contributed by atoms with E-state index in [-0.39, 0.29) is 5.92 Å². The lowest BCUT2D eigenvalue weighted by Gasteiger charge is -1.99. The molecular weight excluding hydrogens is 348 g/mol. The van der Waals surface area contributed by atoms with Gasteiger partial charge in [-0.15, -0.1) is 23.2 Å². The van der Waals surface area contributed by atoms with Crippen molar-refractivity contribution in [3.05, 3.63) is 33.4 Å². The van der Waals surface area contributed by atoms with E-state index in [1.54, 1.807) is 0 Å². The molecule has 2 nitrogen and oxygen atoms in total. The molecule has 1 aromatic carbocycles. The minimum Gasteiger partial charge on any atom is -0.369 e. The van der Waals surface area contributed by atoms with E-state index < -0.39 is 16.2 Å². The maximum absolute atomic E-state index is 11.1. The van der Waals surface area contributed by atoms with E-state index in [0.717, 1.165) is 9.13 Å². The summed E-state index contributed by atoms with van der Waals surface area (Å²) in [6, 6.07) is 7.76. The van der Waals surface area contributed by atoms with Gasteiger partial charge in [-0.2, -0.15) is 0 Å². The molecule has 1 aromatic rings. The number of amides is 1. The summed E-state index contributed by atoms with van der Waals surface area (Å²) >= 11 is 14.2. The predicted molar refractivity (Wildman–Crippen MR) is 69.0 cm³/mol. The van der Waals surface area contributed by atoms with E-state index in [9.17, 15) is 4.79 Å². The van der Waals surface area contributed by atoms with Crippen LogP contribution in [0.5, 0.6) is 0 Å². The first-order valence-corrected chi connectivity index (χ1v) is 6.20. The molecular formula is C10H8Cl2INO. The number of carbonyl (C=O) groups is 1. The summed E-state index contributed by atoms with van der Waals surface area (Å²) in [5.74, 6) is -1.08. The molecule has 0 radical (unpaired) electrons. The van der Waals surface area contributed by atoms with Crippen LogP contribution in [0.15, 0.2) is 24.3 Å². The van der Waals surface area contributed by atoms with E-state index in [1.165, 1.54) is 0 Å². The van der Waals surface area contributed by atoms with Crippen molar-refractivity contribution in [1.29, 1.82) is 0 Å². The number of benzene rings is 1. The van der Waals surface area contributed by atoms with Crippen LogP contribution < -0.4 is 5.73 Å². The van der Waals surface area contributed by atoms with Crippen molar-refractivity contribution in [1.82, 2.24) is 0 Å². The molecule has 2 rings (SSSR count). The van der Waals surface area contributed by atoms with Gasteiger partial charge >= 0.3 is 0 Å². The SMILES string of the molecule is NC(=O)C1C(c2ccc(I)cc2)C1(Cl)Cl. The highest BCUT2D eigenvalue weighted by Crippen LogP contribution is 2.64. The van der Waals surface area contributed by atoms with Gasteiger partial charge in [-0.1, -0.05) is 12.1 Å². The van der Waals surface area contributed by atoms with E-state index in [0.29, 0.717) is 0 Å². The van der Waals surface area contributed by atoms with Gasteiger partial charge < -0.3 is 5.73 Å². The summed E-state index contributed by atoms with van der Waals surface area (Å²) in [5.41, 5.74) is 6.18. The van der Waals surface area contributed by atoms with Crippen molar-refractivity contribution in [2.24, 2.45) is 11.7 Å². The molecule has 0 aromatic heterocycles. The zero-order chi connectivity index (χ0) is 11.2. The first kappa shape index (κ1) is 11.5. The Hall–Kier alpha value is -0.000000000000000111. The van der Waals surface area contributed by atoms with Crippen LogP contribution in [0.4, 0.5) is 0 Å². The molecule has 0 bridgehead atoms. The van der Waals surface area contributed by atoms with Crippen LogP contribution in [0.25, 0.3) is 0 Å². The fourth-order valence-electron chi connectivity index (χ4n) is 1.77. The summed E-state index contributed by atoms with van der Waals surface area (Å²) < 4.78 is 0.0981. The molecule has 0 aliphatic heterocycles. The zero-order valence-electron chi connectivity index (χ0n) is 7.58. The number of hydrogen-bond acceptors (Lipinski definition) is 1. The highest BCUT2D eigenvalue weighted by atomic mass is 127. The van der Waals surface area contributed by atoms with Crippen LogP contribution in [-0.2, 0) is 4.79 Å². The Bertz CT molecular complexity index is 404. The van der Waals surface area contributed by atoms with Gasteiger partial charge in [0.1, 0.15) is 4.33 Å². The van der Waals surface area contributed by atoms with Gasteiger partial charge in [0.2, 0.25) is 5.91 Å². The molecule has 0 saturated heterocycles. The molecule has 1 amide bonds. The maximum Gasteiger partial charge on any atom is 0.224 e. The number of halogens is 3. The van der Waals surface area contributed by atoms with Crippen LogP contribution in [0.3, 0.4) is 0 Å². The quantitative estimate of drug-likeness (QED) is 0.643. The molecule has 1 fully saturated rings. The second-order valence-corrected chi connectivity index (χ2v) is 6.27. The summed E-state index contributed by atoms with van der Waals surface area (Å²) in [5, 5.41) is 0. The molecule has 5 heteroatoms. The van der Waals surface area contributed by atoms with Gasteiger partial charge in [0, 0.05) is 9.49 Å². The van der Waals surface area contributed by atoms with E-state index in [4.69, 9.17) is 28.9 Å². The van der Waals surface area contributed by atoms with Crippen molar-refractivity contribution in [3.8, 4) is 0 Å². The topological polar surface area (TPSA) is 43.1 Å². The molecule has 1 aliphatic rings. The second-order valence-electron chi connectivity index (χ2n) is 3.58.